The summed E-state index contributed by atoms with van der Waals surface area (Å²) in [5.74, 6) is -0.482. The van der Waals surface area contributed by atoms with Gasteiger partial charge in [-0.15, -0.1) is 0 Å². The number of anilines is 1. The van der Waals surface area contributed by atoms with Gasteiger partial charge in [0.1, 0.15) is 12.1 Å². The standard InChI is InChI=1S/C10H15N5/c1-4-14(5-2)9-6-8(3)13-10-11-7-12-15(9)10/h6-7H,4-5H2,1-3H3/i1D3,2D3,4D2,5D2. The zero-order valence-corrected chi connectivity index (χ0v) is 7.89. The van der Waals surface area contributed by atoms with E-state index in [1.165, 1.54) is 6.92 Å². The van der Waals surface area contributed by atoms with E-state index >= 15 is 0 Å². The van der Waals surface area contributed by atoms with Crippen molar-refractivity contribution in [3.63, 3.8) is 0 Å². The molecule has 2 aromatic rings. The second-order valence-electron chi connectivity index (χ2n) is 2.79. The molecule has 0 unspecified atom stereocenters. The fourth-order valence-electron chi connectivity index (χ4n) is 1.21. The second-order valence-corrected chi connectivity index (χ2v) is 2.79. The van der Waals surface area contributed by atoms with Crippen LogP contribution >= 0.6 is 0 Å². The van der Waals surface area contributed by atoms with E-state index in [4.69, 9.17) is 13.7 Å². The lowest BCUT2D eigenvalue weighted by molar-refractivity contribution is 0.796. The van der Waals surface area contributed by atoms with Gasteiger partial charge in [-0.2, -0.15) is 14.6 Å². The molecule has 5 heteroatoms. The van der Waals surface area contributed by atoms with Crippen LogP contribution in [0, 0.1) is 6.92 Å². The van der Waals surface area contributed by atoms with Gasteiger partial charge in [0.2, 0.25) is 0 Å². The minimum Gasteiger partial charge on any atom is -0.357 e. The summed E-state index contributed by atoms with van der Waals surface area (Å²) in [6, 6.07) is 1.15. The SMILES string of the molecule is [2H]C([2H])([2H])C([2H])([2H])N(c1cc(C)nc2ncnn12)C([2H])([2H])C([2H])([2H])[2H]. The minimum absolute atomic E-state index is 0.0531. The Kier molecular flexibility index (Phi) is 0.880. The monoisotopic (exact) mass is 215 g/mol. The van der Waals surface area contributed by atoms with E-state index < -0.39 is 32.5 Å². The molecular formula is C10H15N5. The number of rotatable bonds is 3. The Morgan fingerprint density at radius 3 is 3.07 bits per heavy atom. The van der Waals surface area contributed by atoms with Crippen molar-refractivity contribution in [2.75, 3.05) is 17.9 Å². The van der Waals surface area contributed by atoms with Crippen LogP contribution in [0.2, 0.25) is 0 Å². The molecule has 0 bridgehead atoms. The van der Waals surface area contributed by atoms with Crippen molar-refractivity contribution < 1.29 is 13.7 Å². The van der Waals surface area contributed by atoms with Crippen LogP contribution in [0.25, 0.3) is 5.78 Å². The highest BCUT2D eigenvalue weighted by atomic mass is 15.4. The summed E-state index contributed by atoms with van der Waals surface area (Å²) in [5.41, 5.74) is 0.253. The molecule has 0 fully saturated rings. The lowest BCUT2D eigenvalue weighted by atomic mass is 10.4. The average Bonchev–Trinajstić information content (AvgIpc) is 2.83. The minimum atomic E-state index is -3.36. The predicted molar refractivity (Wildman–Crippen MR) is 59.1 cm³/mol. The molecule has 0 amide bonds. The lowest BCUT2D eigenvalue weighted by Gasteiger charge is -2.21. The van der Waals surface area contributed by atoms with E-state index in [1.54, 1.807) is 0 Å². The average molecular weight is 215 g/mol. The van der Waals surface area contributed by atoms with Crippen LogP contribution in [0.1, 0.15) is 33.1 Å². The highest BCUT2D eigenvalue weighted by Gasteiger charge is 2.09. The van der Waals surface area contributed by atoms with Crippen LogP contribution in [0.15, 0.2) is 12.4 Å². The van der Waals surface area contributed by atoms with Gasteiger partial charge in [-0.05, 0) is 20.6 Å². The molecule has 0 aliphatic heterocycles. The molecule has 0 N–H and O–H groups in total. The van der Waals surface area contributed by atoms with Crippen LogP contribution in [0.3, 0.4) is 0 Å². The summed E-state index contributed by atoms with van der Waals surface area (Å²) < 4.78 is 77.3. The van der Waals surface area contributed by atoms with Crippen molar-refractivity contribution in [3.8, 4) is 0 Å². The molecular weight excluding hydrogens is 190 g/mol. The van der Waals surface area contributed by atoms with Crippen molar-refractivity contribution in [1.29, 1.82) is 0 Å². The quantitative estimate of drug-likeness (QED) is 0.773. The van der Waals surface area contributed by atoms with E-state index in [0.29, 0.717) is 0 Å². The van der Waals surface area contributed by atoms with Gasteiger partial charge in [-0.3, -0.25) is 0 Å². The van der Waals surface area contributed by atoms with Crippen LogP contribution in [-0.2, 0) is 0 Å². The summed E-state index contributed by atoms with van der Waals surface area (Å²) in [6.07, 6.45) is 1.05. The maximum atomic E-state index is 7.97. The van der Waals surface area contributed by atoms with Crippen molar-refractivity contribution in [1.82, 2.24) is 19.6 Å². The Hall–Kier alpha value is -1.65. The maximum absolute atomic E-state index is 7.97. The number of hydrogen-bond acceptors (Lipinski definition) is 4. The van der Waals surface area contributed by atoms with Gasteiger partial charge in [-0.1, -0.05) is 0 Å². The molecule has 0 saturated heterocycles. The first-order chi connectivity index (χ1) is 11.1. The van der Waals surface area contributed by atoms with Gasteiger partial charge in [-0.25, -0.2) is 4.98 Å². The molecule has 15 heavy (non-hydrogen) atoms. The number of aromatic nitrogens is 4. The highest BCUT2D eigenvalue weighted by molar-refractivity contribution is 5.46. The summed E-state index contributed by atoms with van der Waals surface area (Å²) in [6.45, 7) is -11.9. The molecule has 2 heterocycles. The van der Waals surface area contributed by atoms with Gasteiger partial charge in [0.05, 0.1) is 0 Å². The van der Waals surface area contributed by atoms with E-state index in [-0.39, 0.29) is 16.4 Å². The Bertz CT molecular complexity index is 750. The number of hydrogen-bond donors (Lipinski definition) is 0. The predicted octanol–water partition coefficient (Wildman–Crippen LogP) is 1.28. The van der Waals surface area contributed by atoms with Crippen LogP contribution in [0.4, 0.5) is 5.82 Å². The first-order valence-corrected chi connectivity index (χ1v) is 4.08. The van der Waals surface area contributed by atoms with Crippen molar-refractivity contribution in [2.24, 2.45) is 0 Å². The Morgan fingerprint density at radius 1 is 1.53 bits per heavy atom. The molecule has 2 aromatic heterocycles. The van der Waals surface area contributed by atoms with Gasteiger partial charge in [0.25, 0.3) is 5.78 Å². The van der Waals surface area contributed by atoms with E-state index in [2.05, 4.69) is 15.1 Å². The number of aryl methyl sites for hydroxylation is 1. The molecule has 0 aliphatic carbocycles. The van der Waals surface area contributed by atoms with Gasteiger partial charge in [0.15, 0.2) is 0 Å². The third kappa shape index (κ3) is 1.65. The fourth-order valence-corrected chi connectivity index (χ4v) is 1.21. The van der Waals surface area contributed by atoms with E-state index in [9.17, 15) is 0 Å². The van der Waals surface area contributed by atoms with Crippen molar-refractivity contribution in [3.05, 3.63) is 18.1 Å². The molecule has 0 atom stereocenters. The summed E-state index contributed by atoms with van der Waals surface area (Å²) in [4.78, 5) is 7.87. The number of nitrogens with zero attached hydrogens (tertiary/aromatic N) is 5. The zero-order chi connectivity index (χ0) is 19.4. The summed E-state index contributed by atoms with van der Waals surface area (Å²) >= 11 is 0. The normalized spacial score (nSPS) is 24.3. The van der Waals surface area contributed by atoms with Gasteiger partial charge < -0.3 is 4.90 Å². The largest absolute Gasteiger partial charge is 0.357 e. The highest BCUT2D eigenvalue weighted by Crippen LogP contribution is 2.14. The third-order valence-electron chi connectivity index (χ3n) is 1.81. The molecule has 0 aromatic carbocycles. The second kappa shape index (κ2) is 3.84. The first-order valence-electron chi connectivity index (χ1n) is 9.08. The molecule has 0 radical (unpaired) electrons. The summed E-state index contributed by atoms with van der Waals surface area (Å²) in [7, 11) is 0. The first kappa shape index (κ1) is 3.43. The third-order valence-corrected chi connectivity index (χ3v) is 1.81. The van der Waals surface area contributed by atoms with Crippen LogP contribution in [0.5, 0.6) is 0 Å². The fraction of sp³-hybridized carbons (Fsp3) is 0.500. The number of fused-ring (bicyclic) bond motifs is 1. The Balaban J connectivity index is 2.87. The molecule has 80 valence electrons. The zero-order valence-electron chi connectivity index (χ0n) is 17.9. The molecule has 0 spiro atoms. The van der Waals surface area contributed by atoms with E-state index in [1.807, 2.05) is 0 Å². The van der Waals surface area contributed by atoms with Crippen LogP contribution in [-0.4, -0.2) is 32.6 Å². The Morgan fingerprint density at radius 2 is 2.33 bits per heavy atom. The van der Waals surface area contributed by atoms with Gasteiger partial charge >= 0.3 is 0 Å². The molecule has 0 saturated carbocycles. The lowest BCUT2D eigenvalue weighted by Crippen LogP contribution is -2.25. The Labute approximate surface area is 103 Å². The molecule has 5 nitrogen and oxygen atoms in total. The van der Waals surface area contributed by atoms with Crippen LogP contribution < -0.4 is 4.90 Å². The topological polar surface area (TPSA) is 46.3 Å². The summed E-state index contributed by atoms with van der Waals surface area (Å²) in [5, 5.41) is 3.77. The van der Waals surface area contributed by atoms with Gasteiger partial charge in [0, 0.05) is 38.5 Å². The smallest absolute Gasteiger partial charge is 0.254 e. The molecule has 2 rings (SSSR count). The van der Waals surface area contributed by atoms with E-state index in [0.717, 1.165) is 16.9 Å². The van der Waals surface area contributed by atoms with Crippen molar-refractivity contribution >= 4 is 11.6 Å². The maximum Gasteiger partial charge on any atom is 0.254 e. The van der Waals surface area contributed by atoms with Crippen molar-refractivity contribution in [2.45, 2.75) is 20.6 Å². The molecule has 0 aliphatic rings.